The quantitative estimate of drug-likeness (QED) is 0.700. The fourth-order valence-electron chi connectivity index (χ4n) is 2.27. The standard InChI is InChI=1S/C13H17NO/c1-14(2)13(9-15)12-7-6-10-4-3-5-11(10)8-12/h6-9,13H,3-5H2,1-2H3. The average Bonchev–Trinajstić information content (AvgIpc) is 2.65. The van der Waals surface area contributed by atoms with Gasteiger partial charge < -0.3 is 4.79 Å². The second kappa shape index (κ2) is 4.15. The molecule has 2 heteroatoms. The summed E-state index contributed by atoms with van der Waals surface area (Å²) in [4.78, 5) is 13.0. The van der Waals surface area contributed by atoms with Gasteiger partial charge in [-0.1, -0.05) is 18.2 Å². The van der Waals surface area contributed by atoms with Gasteiger partial charge in [0.2, 0.25) is 0 Å². The molecule has 0 saturated carbocycles. The zero-order valence-electron chi connectivity index (χ0n) is 9.36. The predicted molar refractivity (Wildman–Crippen MR) is 61.0 cm³/mol. The van der Waals surface area contributed by atoms with Crippen LogP contribution in [0.4, 0.5) is 0 Å². The third kappa shape index (κ3) is 1.95. The van der Waals surface area contributed by atoms with E-state index >= 15 is 0 Å². The molecule has 0 aliphatic heterocycles. The number of aryl methyl sites for hydroxylation is 2. The first kappa shape index (κ1) is 10.4. The van der Waals surface area contributed by atoms with Crippen molar-refractivity contribution in [2.45, 2.75) is 25.3 Å². The van der Waals surface area contributed by atoms with Gasteiger partial charge in [-0.15, -0.1) is 0 Å². The van der Waals surface area contributed by atoms with Gasteiger partial charge in [0.1, 0.15) is 6.29 Å². The van der Waals surface area contributed by atoms with E-state index in [0.717, 1.165) is 11.8 Å². The highest BCUT2D eigenvalue weighted by molar-refractivity contribution is 5.62. The van der Waals surface area contributed by atoms with Crippen LogP contribution in [-0.2, 0) is 17.6 Å². The van der Waals surface area contributed by atoms with Crippen LogP contribution in [-0.4, -0.2) is 25.3 Å². The maximum absolute atomic E-state index is 11.0. The predicted octanol–water partition coefficient (Wildman–Crippen LogP) is 1.98. The van der Waals surface area contributed by atoms with Crippen molar-refractivity contribution in [3.05, 3.63) is 34.9 Å². The van der Waals surface area contributed by atoms with Gasteiger partial charge in [0, 0.05) is 0 Å². The first-order valence-corrected chi connectivity index (χ1v) is 5.46. The zero-order chi connectivity index (χ0) is 10.8. The lowest BCUT2D eigenvalue weighted by molar-refractivity contribution is -0.111. The Morgan fingerprint density at radius 1 is 1.27 bits per heavy atom. The van der Waals surface area contributed by atoms with Crippen molar-refractivity contribution in [2.75, 3.05) is 14.1 Å². The average molecular weight is 203 g/mol. The summed E-state index contributed by atoms with van der Waals surface area (Å²) in [6.45, 7) is 0. The van der Waals surface area contributed by atoms with Crippen molar-refractivity contribution in [2.24, 2.45) is 0 Å². The number of hydrogen-bond donors (Lipinski definition) is 0. The lowest BCUT2D eigenvalue weighted by atomic mass is 10.0. The molecule has 2 rings (SSSR count). The zero-order valence-corrected chi connectivity index (χ0v) is 9.36. The van der Waals surface area contributed by atoms with Crippen molar-refractivity contribution < 1.29 is 4.79 Å². The van der Waals surface area contributed by atoms with E-state index in [2.05, 4.69) is 18.2 Å². The summed E-state index contributed by atoms with van der Waals surface area (Å²) >= 11 is 0. The highest BCUT2D eigenvalue weighted by Crippen LogP contribution is 2.26. The molecular formula is C13H17NO. The Balaban J connectivity index is 2.32. The summed E-state index contributed by atoms with van der Waals surface area (Å²) in [6, 6.07) is 6.36. The van der Waals surface area contributed by atoms with E-state index in [9.17, 15) is 4.79 Å². The van der Waals surface area contributed by atoms with Gasteiger partial charge in [-0.2, -0.15) is 0 Å². The molecule has 0 saturated heterocycles. The van der Waals surface area contributed by atoms with Crippen LogP contribution in [0.25, 0.3) is 0 Å². The Kier molecular flexibility index (Phi) is 2.87. The molecule has 0 aromatic heterocycles. The molecule has 2 nitrogen and oxygen atoms in total. The van der Waals surface area contributed by atoms with Crippen LogP contribution < -0.4 is 0 Å². The SMILES string of the molecule is CN(C)C(C=O)c1ccc2c(c1)CCC2. The van der Waals surface area contributed by atoms with Crippen LogP contribution in [0.3, 0.4) is 0 Å². The summed E-state index contributed by atoms with van der Waals surface area (Å²) < 4.78 is 0. The molecule has 0 amide bonds. The van der Waals surface area contributed by atoms with Crippen LogP contribution in [0.5, 0.6) is 0 Å². The Morgan fingerprint density at radius 2 is 2.00 bits per heavy atom. The van der Waals surface area contributed by atoms with E-state index in [1.54, 1.807) is 0 Å². The van der Waals surface area contributed by atoms with Crippen LogP contribution >= 0.6 is 0 Å². The molecule has 1 aromatic rings. The maximum atomic E-state index is 11.0. The fraction of sp³-hybridized carbons (Fsp3) is 0.462. The molecule has 0 N–H and O–H groups in total. The molecule has 1 aliphatic carbocycles. The summed E-state index contributed by atoms with van der Waals surface area (Å²) in [5, 5.41) is 0. The van der Waals surface area contributed by atoms with Crippen LogP contribution in [0, 0.1) is 0 Å². The Bertz CT molecular complexity index is 371. The summed E-state index contributed by atoms with van der Waals surface area (Å²) in [6.07, 6.45) is 4.63. The van der Waals surface area contributed by atoms with Crippen LogP contribution in [0.1, 0.15) is 29.2 Å². The van der Waals surface area contributed by atoms with E-state index in [4.69, 9.17) is 0 Å². The van der Waals surface area contributed by atoms with Gasteiger partial charge in [0.25, 0.3) is 0 Å². The lowest BCUT2D eigenvalue weighted by Gasteiger charge is -2.19. The van der Waals surface area contributed by atoms with E-state index in [1.807, 2.05) is 19.0 Å². The molecule has 0 fully saturated rings. The maximum Gasteiger partial charge on any atom is 0.141 e. The number of likely N-dealkylation sites (N-methyl/N-ethyl adjacent to an activating group) is 1. The number of fused-ring (bicyclic) bond motifs is 1. The number of rotatable bonds is 3. The van der Waals surface area contributed by atoms with Crippen LogP contribution in [0.15, 0.2) is 18.2 Å². The monoisotopic (exact) mass is 203 g/mol. The number of benzene rings is 1. The minimum absolute atomic E-state index is 0.101. The normalized spacial score (nSPS) is 16.5. The van der Waals surface area contributed by atoms with Gasteiger partial charge in [-0.05, 0) is 50.0 Å². The molecular weight excluding hydrogens is 186 g/mol. The molecule has 1 aliphatic rings. The third-order valence-corrected chi connectivity index (χ3v) is 3.15. The molecule has 15 heavy (non-hydrogen) atoms. The molecule has 1 aromatic carbocycles. The second-order valence-electron chi connectivity index (χ2n) is 4.43. The van der Waals surface area contributed by atoms with Crippen molar-refractivity contribution in [1.29, 1.82) is 0 Å². The lowest BCUT2D eigenvalue weighted by Crippen LogP contribution is -2.21. The number of carbonyl (C=O) groups is 1. The van der Waals surface area contributed by atoms with E-state index in [1.165, 1.54) is 30.4 Å². The van der Waals surface area contributed by atoms with E-state index in [-0.39, 0.29) is 6.04 Å². The highest BCUT2D eigenvalue weighted by atomic mass is 16.1. The number of aldehydes is 1. The molecule has 1 atom stereocenters. The molecule has 80 valence electrons. The van der Waals surface area contributed by atoms with Crippen molar-refractivity contribution in [3.63, 3.8) is 0 Å². The van der Waals surface area contributed by atoms with Crippen molar-refractivity contribution >= 4 is 6.29 Å². The summed E-state index contributed by atoms with van der Waals surface area (Å²) in [5.41, 5.74) is 4.01. The van der Waals surface area contributed by atoms with Crippen LogP contribution in [0.2, 0.25) is 0 Å². The largest absolute Gasteiger partial charge is 0.301 e. The second-order valence-corrected chi connectivity index (χ2v) is 4.43. The number of hydrogen-bond acceptors (Lipinski definition) is 2. The first-order chi connectivity index (χ1) is 7.22. The van der Waals surface area contributed by atoms with Crippen molar-refractivity contribution in [3.8, 4) is 0 Å². The summed E-state index contributed by atoms with van der Waals surface area (Å²) in [5.74, 6) is 0. The molecule has 0 radical (unpaired) electrons. The minimum atomic E-state index is -0.101. The third-order valence-electron chi connectivity index (χ3n) is 3.15. The molecule has 1 unspecified atom stereocenters. The van der Waals surface area contributed by atoms with Gasteiger partial charge >= 0.3 is 0 Å². The van der Waals surface area contributed by atoms with Gasteiger partial charge in [-0.25, -0.2) is 0 Å². The highest BCUT2D eigenvalue weighted by Gasteiger charge is 2.16. The van der Waals surface area contributed by atoms with Crippen molar-refractivity contribution in [1.82, 2.24) is 4.90 Å². The molecule has 0 spiro atoms. The smallest absolute Gasteiger partial charge is 0.141 e. The Morgan fingerprint density at radius 3 is 2.67 bits per heavy atom. The molecule has 0 heterocycles. The topological polar surface area (TPSA) is 20.3 Å². The van der Waals surface area contributed by atoms with Gasteiger partial charge in [-0.3, -0.25) is 4.90 Å². The van der Waals surface area contributed by atoms with E-state index < -0.39 is 0 Å². The van der Waals surface area contributed by atoms with E-state index in [0.29, 0.717) is 0 Å². The fourth-order valence-corrected chi connectivity index (χ4v) is 2.27. The molecule has 0 bridgehead atoms. The minimum Gasteiger partial charge on any atom is -0.301 e. The number of carbonyl (C=O) groups excluding carboxylic acids is 1. The van der Waals surface area contributed by atoms with Gasteiger partial charge in [0.15, 0.2) is 0 Å². The summed E-state index contributed by atoms with van der Waals surface area (Å²) in [7, 11) is 3.87. The van der Waals surface area contributed by atoms with Gasteiger partial charge in [0.05, 0.1) is 6.04 Å². The number of nitrogens with zero attached hydrogens (tertiary/aromatic N) is 1. The Labute approximate surface area is 90.9 Å². The first-order valence-electron chi connectivity index (χ1n) is 5.46. The Hall–Kier alpha value is -1.15.